The smallest absolute Gasteiger partial charge is 0.191 e. The number of thiazole rings is 1. The van der Waals surface area contributed by atoms with E-state index >= 15 is 0 Å². The molecule has 0 spiro atoms. The Labute approximate surface area is 189 Å². The van der Waals surface area contributed by atoms with Gasteiger partial charge in [-0.1, -0.05) is 53.7 Å². The summed E-state index contributed by atoms with van der Waals surface area (Å²) in [6, 6.07) is 18.1. The highest BCUT2D eigenvalue weighted by molar-refractivity contribution is 7.98. The summed E-state index contributed by atoms with van der Waals surface area (Å²) in [6.07, 6.45) is 0.862. The number of ether oxygens (including phenoxy) is 1. The van der Waals surface area contributed by atoms with Crippen molar-refractivity contribution in [2.75, 3.05) is 13.7 Å². The Morgan fingerprint density at radius 1 is 1.07 bits per heavy atom. The number of halogens is 1. The molecule has 0 amide bonds. The van der Waals surface area contributed by atoms with E-state index in [0.717, 1.165) is 39.4 Å². The van der Waals surface area contributed by atoms with E-state index in [1.165, 1.54) is 5.56 Å². The minimum absolute atomic E-state index is 0.587. The van der Waals surface area contributed by atoms with Crippen molar-refractivity contribution in [2.45, 2.75) is 23.9 Å². The van der Waals surface area contributed by atoms with Crippen LogP contribution in [0, 0.1) is 0 Å². The lowest BCUT2D eigenvalue weighted by molar-refractivity contribution is 0.185. The van der Waals surface area contributed by atoms with Gasteiger partial charge in [-0.25, -0.2) is 4.98 Å². The van der Waals surface area contributed by atoms with E-state index in [9.17, 15) is 0 Å². The van der Waals surface area contributed by atoms with Crippen LogP contribution < -0.4 is 0 Å². The second-order valence-electron chi connectivity index (χ2n) is 6.64. The molecule has 0 radical (unpaired) electrons. The van der Waals surface area contributed by atoms with Crippen LogP contribution in [0.15, 0.2) is 65.1 Å². The van der Waals surface area contributed by atoms with Crippen LogP contribution in [0.1, 0.15) is 16.3 Å². The molecule has 0 aliphatic carbocycles. The zero-order valence-corrected chi connectivity index (χ0v) is 18.9. The summed E-state index contributed by atoms with van der Waals surface area (Å²) in [5, 5.41) is 13.6. The van der Waals surface area contributed by atoms with Gasteiger partial charge in [-0.3, -0.25) is 4.57 Å². The average Bonchev–Trinajstić information content (AvgIpc) is 3.38. The largest absolute Gasteiger partial charge is 0.383 e. The third-order valence-corrected chi connectivity index (χ3v) is 6.63. The maximum atomic E-state index is 6.03. The zero-order chi connectivity index (χ0) is 20.8. The Kier molecular flexibility index (Phi) is 7.17. The predicted molar refractivity (Wildman–Crippen MR) is 123 cm³/mol. The summed E-state index contributed by atoms with van der Waals surface area (Å²) in [7, 11) is 1.70. The van der Waals surface area contributed by atoms with Crippen LogP contribution in [0.25, 0.3) is 11.4 Å². The van der Waals surface area contributed by atoms with Crippen molar-refractivity contribution in [3.63, 3.8) is 0 Å². The lowest BCUT2D eigenvalue weighted by Gasteiger charge is -2.09. The SMILES string of the molecule is COCCn1c(SCc2csc(Cc3ccccc3)n2)nnc1-c1ccc(Cl)cc1. The molecule has 5 nitrogen and oxygen atoms in total. The molecule has 0 fully saturated rings. The van der Waals surface area contributed by atoms with E-state index in [0.29, 0.717) is 18.2 Å². The van der Waals surface area contributed by atoms with Crippen molar-refractivity contribution < 1.29 is 4.74 Å². The van der Waals surface area contributed by atoms with Crippen molar-refractivity contribution in [3.8, 4) is 11.4 Å². The number of hydrogen-bond donors (Lipinski definition) is 0. The van der Waals surface area contributed by atoms with Gasteiger partial charge in [0.2, 0.25) is 0 Å². The second kappa shape index (κ2) is 10.2. The molecule has 0 saturated heterocycles. The standard InChI is InChI=1S/C22H21ClN4OS2/c1-28-12-11-27-21(17-7-9-18(23)10-8-17)25-26-22(27)30-15-19-14-29-20(24-19)13-16-5-3-2-4-6-16/h2-10,14H,11-13,15H2,1H3. The molecule has 0 atom stereocenters. The molecule has 4 rings (SSSR count). The molecule has 0 N–H and O–H groups in total. The van der Waals surface area contributed by atoms with E-state index in [4.69, 9.17) is 21.3 Å². The molecule has 8 heteroatoms. The molecule has 4 aromatic rings. The van der Waals surface area contributed by atoms with E-state index in [1.54, 1.807) is 30.2 Å². The molecule has 0 saturated carbocycles. The Morgan fingerprint density at radius 3 is 2.63 bits per heavy atom. The highest BCUT2D eigenvalue weighted by Gasteiger charge is 2.15. The summed E-state index contributed by atoms with van der Waals surface area (Å²) < 4.78 is 7.38. The van der Waals surface area contributed by atoms with Gasteiger partial charge in [0, 0.05) is 35.2 Å². The first kappa shape index (κ1) is 21.1. The van der Waals surface area contributed by atoms with Gasteiger partial charge in [0.1, 0.15) is 0 Å². The minimum atomic E-state index is 0.587. The van der Waals surface area contributed by atoms with Crippen LogP contribution in [0.5, 0.6) is 0 Å². The van der Waals surface area contributed by atoms with Gasteiger partial charge in [0.05, 0.1) is 23.9 Å². The highest BCUT2D eigenvalue weighted by atomic mass is 35.5. The summed E-state index contributed by atoms with van der Waals surface area (Å²) in [5.41, 5.74) is 3.32. The normalized spacial score (nSPS) is 11.1. The highest BCUT2D eigenvalue weighted by Crippen LogP contribution is 2.28. The van der Waals surface area contributed by atoms with Crippen molar-refractivity contribution in [3.05, 3.63) is 81.3 Å². The van der Waals surface area contributed by atoms with Gasteiger partial charge in [-0.2, -0.15) is 0 Å². The van der Waals surface area contributed by atoms with Crippen LogP contribution in [-0.2, 0) is 23.5 Å². The van der Waals surface area contributed by atoms with Crippen molar-refractivity contribution in [1.82, 2.24) is 19.7 Å². The Morgan fingerprint density at radius 2 is 1.87 bits per heavy atom. The first-order chi connectivity index (χ1) is 14.7. The van der Waals surface area contributed by atoms with E-state index in [2.05, 4.69) is 44.4 Å². The number of thioether (sulfide) groups is 1. The summed E-state index contributed by atoms with van der Waals surface area (Å²) in [5.74, 6) is 1.56. The Bertz CT molecular complexity index is 1080. The summed E-state index contributed by atoms with van der Waals surface area (Å²) >= 11 is 9.37. The van der Waals surface area contributed by atoms with Crippen LogP contribution in [0.2, 0.25) is 5.02 Å². The molecule has 154 valence electrons. The number of nitrogens with zero attached hydrogens (tertiary/aromatic N) is 4. The lowest BCUT2D eigenvalue weighted by Crippen LogP contribution is -2.07. The van der Waals surface area contributed by atoms with Gasteiger partial charge >= 0.3 is 0 Å². The van der Waals surface area contributed by atoms with E-state index < -0.39 is 0 Å². The molecule has 2 heterocycles. The third-order valence-electron chi connectivity index (χ3n) is 4.48. The third kappa shape index (κ3) is 5.29. The van der Waals surface area contributed by atoms with Gasteiger partial charge in [0.25, 0.3) is 0 Å². The van der Waals surface area contributed by atoms with E-state index in [-0.39, 0.29) is 0 Å². The van der Waals surface area contributed by atoms with Crippen molar-refractivity contribution >= 4 is 34.7 Å². The molecule has 2 aromatic heterocycles. The van der Waals surface area contributed by atoms with Crippen LogP contribution in [-0.4, -0.2) is 33.5 Å². The fourth-order valence-electron chi connectivity index (χ4n) is 3.00. The second-order valence-corrected chi connectivity index (χ2v) is 8.96. The molecule has 0 aliphatic heterocycles. The van der Waals surface area contributed by atoms with Crippen LogP contribution in [0.4, 0.5) is 0 Å². The Hall–Kier alpha value is -2.19. The maximum absolute atomic E-state index is 6.03. The van der Waals surface area contributed by atoms with Crippen molar-refractivity contribution in [1.29, 1.82) is 0 Å². The molecule has 0 unspecified atom stereocenters. The molecule has 2 aromatic carbocycles. The molecular weight excluding hydrogens is 436 g/mol. The fraction of sp³-hybridized carbons (Fsp3) is 0.227. The van der Waals surface area contributed by atoms with Gasteiger partial charge in [-0.05, 0) is 29.8 Å². The number of hydrogen-bond acceptors (Lipinski definition) is 6. The molecular formula is C22H21ClN4OS2. The molecule has 0 bridgehead atoms. The van der Waals surface area contributed by atoms with Crippen LogP contribution >= 0.6 is 34.7 Å². The molecule has 30 heavy (non-hydrogen) atoms. The minimum Gasteiger partial charge on any atom is -0.383 e. The first-order valence-corrected chi connectivity index (χ1v) is 11.8. The van der Waals surface area contributed by atoms with E-state index in [1.807, 2.05) is 30.3 Å². The average molecular weight is 457 g/mol. The summed E-state index contributed by atoms with van der Waals surface area (Å²) in [4.78, 5) is 4.79. The maximum Gasteiger partial charge on any atom is 0.191 e. The number of benzene rings is 2. The number of methoxy groups -OCH3 is 1. The Balaban J connectivity index is 1.47. The topological polar surface area (TPSA) is 52.8 Å². The zero-order valence-electron chi connectivity index (χ0n) is 16.5. The van der Waals surface area contributed by atoms with Gasteiger partial charge in [-0.15, -0.1) is 21.5 Å². The van der Waals surface area contributed by atoms with Gasteiger partial charge in [0.15, 0.2) is 11.0 Å². The predicted octanol–water partition coefficient (Wildman–Crippen LogP) is 5.58. The quantitative estimate of drug-likeness (QED) is 0.307. The first-order valence-electron chi connectivity index (χ1n) is 9.51. The van der Waals surface area contributed by atoms with Crippen LogP contribution in [0.3, 0.4) is 0 Å². The number of aromatic nitrogens is 4. The molecule has 0 aliphatic rings. The lowest BCUT2D eigenvalue weighted by atomic mass is 10.2. The van der Waals surface area contributed by atoms with Crippen molar-refractivity contribution in [2.24, 2.45) is 0 Å². The number of rotatable bonds is 9. The summed E-state index contributed by atoms with van der Waals surface area (Å²) in [6.45, 7) is 1.27. The monoisotopic (exact) mass is 456 g/mol. The van der Waals surface area contributed by atoms with Gasteiger partial charge < -0.3 is 4.74 Å². The fourth-order valence-corrected chi connectivity index (χ4v) is 4.91.